The normalized spacial score (nSPS) is 33.8. The van der Waals surface area contributed by atoms with Crippen LogP contribution in [-0.2, 0) is 11.0 Å². The summed E-state index contributed by atoms with van der Waals surface area (Å²) in [6.07, 6.45) is -3.43. The van der Waals surface area contributed by atoms with Crippen LogP contribution < -0.4 is 4.90 Å². The molecule has 0 radical (unpaired) electrons. The van der Waals surface area contributed by atoms with Gasteiger partial charge in [-0.05, 0) is 43.2 Å². The van der Waals surface area contributed by atoms with Gasteiger partial charge in [-0.1, -0.05) is 0 Å². The van der Waals surface area contributed by atoms with Gasteiger partial charge in [0.1, 0.15) is 11.8 Å². The van der Waals surface area contributed by atoms with Crippen LogP contribution in [0.3, 0.4) is 0 Å². The van der Waals surface area contributed by atoms with Crippen molar-refractivity contribution in [3.8, 4) is 0 Å². The van der Waals surface area contributed by atoms with Gasteiger partial charge in [0.05, 0.1) is 4.92 Å². The number of nitro benzene ring substituents is 1. The van der Waals surface area contributed by atoms with Gasteiger partial charge in [0, 0.05) is 23.6 Å². The van der Waals surface area contributed by atoms with Crippen molar-refractivity contribution in [2.45, 2.75) is 31.7 Å². The van der Waals surface area contributed by atoms with Crippen molar-refractivity contribution < 1.29 is 28.0 Å². The number of alkyl halides is 3. The summed E-state index contributed by atoms with van der Waals surface area (Å²) in [6, 6.07) is 2.42. The van der Waals surface area contributed by atoms with Crippen molar-refractivity contribution in [2.24, 2.45) is 23.7 Å². The van der Waals surface area contributed by atoms with Crippen LogP contribution in [0.2, 0.25) is 0 Å². The summed E-state index contributed by atoms with van der Waals surface area (Å²) >= 11 is 0. The maximum absolute atomic E-state index is 13.2. The minimum Gasteiger partial charge on any atom is -0.373 e. The van der Waals surface area contributed by atoms with E-state index in [4.69, 9.17) is 0 Å². The minimum absolute atomic E-state index is 0.149. The van der Waals surface area contributed by atoms with Crippen LogP contribution in [0.4, 0.5) is 24.5 Å². The number of amides is 1. The Morgan fingerprint density at radius 3 is 2.52 bits per heavy atom. The van der Waals surface area contributed by atoms with Crippen LogP contribution in [0.25, 0.3) is 0 Å². The van der Waals surface area contributed by atoms with Crippen molar-refractivity contribution in [3.63, 3.8) is 0 Å². The largest absolute Gasteiger partial charge is 0.423 e. The first-order valence-corrected chi connectivity index (χ1v) is 8.07. The lowest BCUT2D eigenvalue weighted by Crippen LogP contribution is -2.37. The van der Waals surface area contributed by atoms with Crippen LogP contribution in [0, 0.1) is 33.8 Å². The summed E-state index contributed by atoms with van der Waals surface area (Å²) < 4.78 is 39.5. The summed E-state index contributed by atoms with van der Waals surface area (Å²) in [5, 5.41) is 21.4. The molecule has 1 unspecified atom stereocenters. The third-order valence-electron chi connectivity index (χ3n) is 5.87. The molecule has 4 rings (SSSR count). The fraction of sp³-hybridized carbons (Fsp3) is 0.562. The highest BCUT2D eigenvalue weighted by molar-refractivity contribution is 5.99. The van der Waals surface area contributed by atoms with E-state index in [1.807, 2.05) is 0 Å². The molecule has 25 heavy (non-hydrogen) atoms. The van der Waals surface area contributed by atoms with Crippen LogP contribution in [-0.4, -0.2) is 22.2 Å². The summed E-state index contributed by atoms with van der Waals surface area (Å²) in [7, 11) is 0. The molecule has 9 heteroatoms. The Hall–Kier alpha value is -2.16. The highest BCUT2D eigenvalue weighted by Crippen LogP contribution is 2.58. The van der Waals surface area contributed by atoms with E-state index in [1.54, 1.807) is 0 Å². The van der Waals surface area contributed by atoms with Crippen LogP contribution in [0.15, 0.2) is 18.2 Å². The minimum atomic E-state index is -4.93. The van der Waals surface area contributed by atoms with Gasteiger partial charge in [0.25, 0.3) is 5.69 Å². The fourth-order valence-corrected chi connectivity index (χ4v) is 4.93. The standard InChI is InChI=1S/C16H15F3N2O4/c17-16(18,19)10-6-9(3-4-11(10)21(24)25)20-14(22)12-7-1-2-8(5-7)13(12)15(20)23/h3-4,6-8,12-14,22H,1-2,5H2/t7-,8+,12-,13+,14?/m0/s1. The molecule has 3 aliphatic rings. The van der Waals surface area contributed by atoms with Gasteiger partial charge >= 0.3 is 6.18 Å². The second kappa shape index (κ2) is 5.17. The van der Waals surface area contributed by atoms with E-state index in [0.29, 0.717) is 6.07 Å². The Bertz CT molecular complexity index is 766. The molecule has 1 N–H and O–H groups in total. The smallest absolute Gasteiger partial charge is 0.373 e. The molecule has 0 spiro atoms. The quantitative estimate of drug-likeness (QED) is 0.652. The monoisotopic (exact) mass is 356 g/mol. The third kappa shape index (κ3) is 2.25. The van der Waals surface area contributed by atoms with Crippen molar-refractivity contribution in [3.05, 3.63) is 33.9 Å². The predicted octanol–water partition coefficient (Wildman–Crippen LogP) is 2.94. The number of anilines is 1. The first-order valence-electron chi connectivity index (χ1n) is 8.07. The number of fused-ring (bicyclic) bond motifs is 5. The molecule has 0 aromatic heterocycles. The zero-order chi connectivity index (χ0) is 18.1. The van der Waals surface area contributed by atoms with E-state index in [0.717, 1.165) is 36.3 Å². The highest BCUT2D eigenvalue weighted by Gasteiger charge is 2.60. The highest BCUT2D eigenvalue weighted by atomic mass is 19.4. The molecule has 2 saturated carbocycles. The first kappa shape index (κ1) is 16.3. The van der Waals surface area contributed by atoms with Crippen molar-refractivity contribution in [2.75, 3.05) is 4.90 Å². The molecule has 3 fully saturated rings. The Morgan fingerprint density at radius 2 is 1.92 bits per heavy atom. The second-order valence-electron chi connectivity index (χ2n) is 7.01. The van der Waals surface area contributed by atoms with Crippen molar-refractivity contribution >= 4 is 17.3 Å². The van der Waals surface area contributed by atoms with Gasteiger partial charge in [0.2, 0.25) is 5.91 Å². The molecule has 1 amide bonds. The summed E-state index contributed by atoms with van der Waals surface area (Å²) in [5.41, 5.74) is -2.64. The van der Waals surface area contributed by atoms with Gasteiger partial charge in [-0.15, -0.1) is 0 Å². The van der Waals surface area contributed by atoms with Gasteiger partial charge in [-0.3, -0.25) is 19.8 Å². The van der Waals surface area contributed by atoms with Gasteiger partial charge in [0.15, 0.2) is 0 Å². The number of aliphatic hydroxyl groups is 1. The summed E-state index contributed by atoms with van der Waals surface area (Å²) in [5.74, 6) is -0.637. The molecule has 6 nitrogen and oxygen atoms in total. The SMILES string of the molecule is O=C1[C@@H]2[C@@H]3CC[C@@H](C3)[C@@H]2C(O)N1c1ccc([N+](=O)[O-])c(C(F)(F)F)c1. The first-order chi connectivity index (χ1) is 11.7. The number of aliphatic hydroxyl groups excluding tert-OH is 1. The van der Waals surface area contributed by atoms with Crippen molar-refractivity contribution in [1.29, 1.82) is 0 Å². The maximum Gasteiger partial charge on any atom is 0.423 e. The fourth-order valence-electron chi connectivity index (χ4n) is 4.93. The van der Waals surface area contributed by atoms with E-state index >= 15 is 0 Å². The van der Waals surface area contributed by atoms with Gasteiger partial charge in [-0.25, -0.2) is 0 Å². The Labute approximate surface area is 140 Å². The average Bonchev–Trinajstić information content (AvgIpc) is 3.20. The number of carbonyl (C=O) groups excluding carboxylic acids is 1. The lowest BCUT2D eigenvalue weighted by atomic mass is 9.81. The molecule has 2 aliphatic carbocycles. The molecule has 2 bridgehead atoms. The van der Waals surface area contributed by atoms with E-state index in [1.165, 1.54) is 0 Å². The zero-order valence-electron chi connectivity index (χ0n) is 12.9. The number of hydrogen-bond donors (Lipinski definition) is 1. The number of nitro groups is 1. The maximum atomic E-state index is 13.2. The van der Waals surface area contributed by atoms with E-state index in [2.05, 4.69) is 0 Å². The van der Waals surface area contributed by atoms with E-state index in [9.17, 15) is 33.2 Å². The Kier molecular flexibility index (Phi) is 3.37. The molecule has 5 atom stereocenters. The average molecular weight is 356 g/mol. The third-order valence-corrected chi connectivity index (χ3v) is 5.87. The number of carbonyl (C=O) groups is 1. The topological polar surface area (TPSA) is 83.7 Å². The molecule has 1 saturated heterocycles. The predicted molar refractivity (Wildman–Crippen MR) is 79.4 cm³/mol. The molecule has 1 aromatic carbocycles. The lowest BCUT2D eigenvalue weighted by Gasteiger charge is -2.26. The summed E-state index contributed by atoms with van der Waals surface area (Å²) in [4.78, 5) is 23.5. The van der Waals surface area contributed by atoms with Crippen LogP contribution >= 0.6 is 0 Å². The second-order valence-corrected chi connectivity index (χ2v) is 7.01. The van der Waals surface area contributed by atoms with Crippen LogP contribution in [0.5, 0.6) is 0 Å². The number of hydrogen-bond acceptors (Lipinski definition) is 4. The van der Waals surface area contributed by atoms with Gasteiger partial charge in [-0.2, -0.15) is 13.2 Å². The molecular weight excluding hydrogens is 341 g/mol. The number of benzene rings is 1. The van der Waals surface area contributed by atoms with Crippen LogP contribution in [0.1, 0.15) is 24.8 Å². The molecule has 1 aliphatic heterocycles. The number of rotatable bonds is 2. The van der Waals surface area contributed by atoms with E-state index in [-0.39, 0.29) is 35.3 Å². The Balaban J connectivity index is 1.75. The number of nitrogens with zero attached hydrogens (tertiary/aromatic N) is 2. The lowest BCUT2D eigenvalue weighted by molar-refractivity contribution is -0.388. The van der Waals surface area contributed by atoms with E-state index < -0.39 is 28.6 Å². The molecule has 1 aromatic rings. The van der Waals surface area contributed by atoms with Crippen molar-refractivity contribution in [1.82, 2.24) is 0 Å². The van der Waals surface area contributed by atoms with Gasteiger partial charge < -0.3 is 5.11 Å². The molecule has 134 valence electrons. The zero-order valence-corrected chi connectivity index (χ0v) is 12.9. The molecular formula is C16H15F3N2O4. The summed E-state index contributed by atoms with van der Waals surface area (Å²) in [6.45, 7) is 0. The molecule has 1 heterocycles. The Morgan fingerprint density at radius 1 is 1.24 bits per heavy atom. The number of halogens is 3.